The summed E-state index contributed by atoms with van der Waals surface area (Å²) in [6.45, 7) is 0. The average Bonchev–Trinajstić information content (AvgIpc) is 3.56. The molecule has 0 fully saturated rings. The average molecular weight is 645 g/mol. The molecule has 1 aliphatic heterocycles. The lowest BCUT2D eigenvalue weighted by atomic mass is 9.83. The van der Waals surface area contributed by atoms with Crippen LogP contribution in [0.25, 0.3) is 23.1 Å². The minimum absolute atomic E-state index is 0.155. The number of fused-ring (bicyclic) bond motifs is 3. The van der Waals surface area contributed by atoms with Gasteiger partial charge >= 0.3 is 0 Å². The Hall–Kier alpha value is -4.05. The van der Waals surface area contributed by atoms with Crippen LogP contribution in [0.5, 0.6) is 0 Å². The first-order valence-electron chi connectivity index (χ1n) is 12.8. The second-order valence-corrected chi connectivity index (χ2v) is 12.1. The van der Waals surface area contributed by atoms with Crippen molar-refractivity contribution in [2.75, 3.05) is 0 Å². The summed E-state index contributed by atoms with van der Waals surface area (Å²) < 4.78 is 9.17. The van der Waals surface area contributed by atoms with Gasteiger partial charge in [-0.1, -0.05) is 75.3 Å². The van der Waals surface area contributed by atoms with Crippen LogP contribution >= 0.6 is 38.9 Å². The van der Waals surface area contributed by atoms with E-state index in [1.807, 2.05) is 36.4 Å². The Labute approximate surface area is 250 Å². The number of allylic oxidation sites excluding steroid dienone is 1. The van der Waals surface area contributed by atoms with E-state index in [4.69, 9.17) is 21.0 Å². The topological polar surface area (TPSA) is 90.6 Å². The molecule has 0 unspecified atom stereocenters. The molecule has 0 spiro atoms. The maximum Gasteiger partial charge on any atom is 0.281 e. The Balaban J connectivity index is 1.38. The van der Waals surface area contributed by atoms with Gasteiger partial charge in [-0.15, -0.1) is 0 Å². The van der Waals surface area contributed by atoms with E-state index >= 15 is 0 Å². The maximum atomic E-state index is 14.0. The van der Waals surface area contributed by atoms with E-state index in [1.54, 1.807) is 34.9 Å². The molecule has 3 aromatic carbocycles. The second-order valence-electron chi connectivity index (χ2n) is 9.79. The van der Waals surface area contributed by atoms with Crippen molar-refractivity contribution in [3.8, 4) is 11.3 Å². The van der Waals surface area contributed by atoms with Crippen LogP contribution in [0, 0.1) is 10.1 Å². The number of halogens is 2. The molecule has 0 saturated heterocycles. The fourth-order valence-corrected chi connectivity index (χ4v) is 6.95. The molecule has 0 bridgehead atoms. The fourth-order valence-electron chi connectivity index (χ4n) is 5.54. The number of furan rings is 1. The van der Waals surface area contributed by atoms with Gasteiger partial charge in [-0.2, -0.15) is 0 Å². The number of thiazole rings is 1. The number of benzene rings is 3. The smallest absolute Gasteiger partial charge is 0.281 e. The summed E-state index contributed by atoms with van der Waals surface area (Å²) in [5.74, 6) is 0.719. The van der Waals surface area contributed by atoms with Crippen LogP contribution in [0.4, 0.5) is 5.69 Å². The normalized spacial score (nSPS) is 16.1. The van der Waals surface area contributed by atoms with Gasteiger partial charge in [0.2, 0.25) is 0 Å². The van der Waals surface area contributed by atoms with Crippen LogP contribution in [0.15, 0.2) is 103 Å². The van der Waals surface area contributed by atoms with Crippen molar-refractivity contribution in [1.29, 1.82) is 0 Å². The van der Waals surface area contributed by atoms with E-state index in [0.717, 1.165) is 39.7 Å². The van der Waals surface area contributed by atoms with Crippen molar-refractivity contribution in [2.24, 2.45) is 4.99 Å². The van der Waals surface area contributed by atoms with Gasteiger partial charge in [-0.05, 0) is 65.9 Å². The van der Waals surface area contributed by atoms with Gasteiger partial charge in [0.1, 0.15) is 11.5 Å². The molecule has 2 aromatic heterocycles. The second kappa shape index (κ2) is 10.1. The molecule has 202 valence electrons. The first kappa shape index (κ1) is 25.9. The quantitative estimate of drug-likeness (QED) is 0.157. The van der Waals surface area contributed by atoms with E-state index in [1.165, 1.54) is 23.0 Å². The lowest BCUT2D eigenvalue weighted by Gasteiger charge is -2.30. The maximum absolute atomic E-state index is 14.0. The molecular weight excluding hydrogens is 626 g/mol. The van der Waals surface area contributed by atoms with Crippen molar-refractivity contribution < 1.29 is 9.34 Å². The Morgan fingerprint density at radius 3 is 2.66 bits per heavy atom. The minimum Gasteiger partial charge on any atom is -0.456 e. The van der Waals surface area contributed by atoms with Crippen LogP contribution in [0.1, 0.15) is 34.9 Å². The highest BCUT2D eigenvalue weighted by Crippen LogP contribution is 2.41. The highest BCUT2D eigenvalue weighted by molar-refractivity contribution is 9.10. The predicted molar refractivity (Wildman–Crippen MR) is 163 cm³/mol. The number of hydrogen-bond acceptors (Lipinski definition) is 6. The van der Waals surface area contributed by atoms with Crippen molar-refractivity contribution in [3.63, 3.8) is 0 Å². The van der Waals surface area contributed by atoms with Crippen LogP contribution < -0.4 is 14.9 Å². The standard InChI is InChI=1S/C31H19BrClN3O4S/c32-19-8-5-18(6-9-19)29-24-12-7-17-3-1-2-4-22(17)28(24)34-31-35(29)30(37)27(41-31)16-21-11-14-26(40-21)23-13-10-20(33)15-25(23)36(38)39/h1-6,8-11,13-16,29H,7,12H2/b27-16+/t29-/m1/s1. The van der Waals surface area contributed by atoms with E-state index in [9.17, 15) is 14.9 Å². The van der Waals surface area contributed by atoms with Crippen LogP contribution in [0.3, 0.4) is 0 Å². The van der Waals surface area contributed by atoms with Gasteiger partial charge in [-0.25, -0.2) is 4.99 Å². The molecule has 2 aliphatic rings. The zero-order valence-corrected chi connectivity index (χ0v) is 24.4. The van der Waals surface area contributed by atoms with Gasteiger partial charge in [0.15, 0.2) is 4.80 Å². The number of nitro groups is 1. The molecule has 41 heavy (non-hydrogen) atoms. The van der Waals surface area contributed by atoms with Gasteiger partial charge in [-0.3, -0.25) is 19.5 Å². The summed E-state index contributed by atoms with van der Waals surface area (Å²) in [6, 6.07) is 23.8. The molecule has 0 amide bonds. The third kappa shape index (κ3) is 4.50. The molecule has 5 aromatic rings. The number of aromatic nitrogens is 1. The lowest BCUT2D eigenvalue weighted by Crippen LogP contribution is -2.38. The third-order valence-corrected chi connectivity index (χ3v) is 9.13. The van der Waals surface area contributed by atoms with Crippen LogP contribution in [-0.4, -0.2) is 9.49 Å². The van der Waals surface area contributed by atoms with Crippen LogP contribution in [0.2, 0.25) is 5.02 Å². The molecule has 0 N–H and O–H groups in total. The van der Waals surface area contributed by atoms with Gasteiger partial charge < -0.3 is 4.42 Å². The van der Waals surface area contributed by atoms with Gasteiger partial charge in [0.05, 0.1) is 26.8 Å². The Morgan fingerprint density at radius 2 is 1.85 bits per heavy atom. The predicted octanol–water partition coefficient (Wildman–Crippen LogP) is 6.90. The highest BCUT2D eigenvalue weighted by atomic mass is 79.9. The third-order valence-electron chi connectivity index (χ3n) is 7.38. The van der Waals surface area contributed by atoms with Crippen LogP contribution in [-0.2, 0) is 6.42 Å². The summed E-state index contributed by atoms with van der Waals surface area (Å²) in [4.78, 5) is 30.7. The van der Waals surface area contributed by atoms with Crippen molar-refractivity contribution in [1.82, 2.24) is 4.57 Å². The van der Waals surface area contributed by atoms with E-state index < -0.39 is 4.92 Å². The number of hydrogen-bond donors (Lipinski definition) is 0. The van der Waals surface area contributed by atoms with Crippen molar-refractivity contribution >= 4 is 56.3 Å². The highest BCUT2D eigenvalue weighted by Gasteiger charge is 2.32. The number of aryl methyl sites for hydroxylation is 1. The minimum atomic E-state index is -0.497. The Kier molecular flexibility index (Phi) is 6.37. The lowest BCUT2D eigenvalue weighted by molar-refractivity contribution is -0.384. The Bertz CT molecular complexity index is 2090. The first-order valence-corrected chi connectivity index (χ1v) is 14.8. The van der Waals surface area contributed by atoms with E-state index in [0.29, 0.717) is 26.4 Å². The summed E-state index contributed by atoms with van der Waals surface area (Å²) in [5.41, 5.74) is 5.42. The molecule has 0 radical (unpaired) electrons. The molecule has 0 saturated carbocycles. The molecule has 10 heteroatoms. The van der Waals surface area contributed by atoms with Gasteiger partial charge in [0.25, 0.3) is 11.2 Å². The Morgan fingerprint density at radius 1 is 1.05 bits per heavy atom. The molecule has 1 atom stereocenters. The van der Waals surface area contributed by atoms with Crippen molar-refractivity contribution in [3.05, 3.63) is 146 Å². The summed E-state index contributed by atoms with van der Waals surface area (Å²) >= 11 is 10.8. The zero-order chi connectivity index (χ0) is 28.2. The SMILES string of the molecule is O=c1/c(=C\c2ccc(-c3ccc(Cl)cc3[N+](=O)[O-])o2)sc2n1[C@H](c1ccc(Br)cc1)C1=C(N=2)c2ccccc2CC1. The molecule has 1 aliphatic carbocycles. The first-order chi connectivity index (χ1) is 19.9. The van der Waals surface area contributed by atoms with E-state index in [-0.39, 0.29) is 22.3 Å². The van der Waals surface area contributed by atoms with Crippen molar-refractivity contribution in [2.45, 2.75) is 18.9 Å². The molecule has 7 rings (SSSR count). The number of rotatable bonds is 4. The molecular formula is C31H19BrClN3O4S. The summed E-state index contributed by atoms with van der Waals surface area (Å²) in [5, 5.41) is 11.9. The summed E-state index contributed by atoms with van der Waals surface area (Å²) in [6.07, 6.45) is 3.36. The summed E-state index contributed by atoms with van der Waals surface area (Å²) in [7, 11) is 0. The monoisotopic (exact) mass is 643 g/mol. The van der Waals surface area contributed by atoms with Gasteiger partial charge in [0, 0.05) is 27.2 Å². The zero-order valence-electron chi connectivity index (χ0n) is 21.2. The molecule has 3 heterocycles. The van der Waals surface area contributed by atoms with E-state index in [2.05, 4.69) is 28.1 Å². The fraction of sp³-hybridized carbons (Fsp3) is 0.0968. The molecule has 7 nitrogen and oxygen atoms in total. The number of nitrogens with zero attached hydrogens (tertiary/aromatic N) is 3. The number of nitro benzene ring substituents is 1. The largest absolute Gasteiger partial charge is 0.456 e.